The van der Waals surface area contributed by atoms with E-state index in [2.05, 4.69) is 16.5 Å². The number of benzene rings is 2. The molecule has 8 heteroatoms. The maximum Gasteiger partial charge on any atom is 0.336 e. The largest absolute Gasteiger partial charge is 0.423 e. The minimum atomic E-state index is -3.77. The average molecular weight is 414 g/mol. The minimum absolute atomic E-state index is 0.00972. The normalized spacial score (nSPS) is 18.0. The fourth-order valence-electron chi connectivity index (χ4n) is 3.39. The molecule has 2 heterocycles. The van der Waals surface area contributed by atoms with Crippen LogP contribution >= 0.6 is 0 Å². The number of nitrogens with one attached hydrogen (secondary N) is 1. The third-order valence-corrected chi connectivity index (χ3v) is 6.41. The van der Waals surface area contributed by atoms with E-state index in [-0.39, 0.29) is 11.0 Å². The molecule has 152 valence electrons. The van der Waals surface area contributed by atoms with Crippen LogP contribution in [0.2, 0.25) is 0 Å². The van der Waals surface area contributed by atoms with E-state index < -0.39 is 15.6 Å². The van der Waals surface area contributed by atoms with Crippen molar-refractivity contribution in [3.63, 3.8) is 0 Å². The highest BCUT2D eigenvalue weighted by molar-refractivity contribution is 7.92. The average Bonchev–Trinajstić information content (AvgIpc) is 2.73. The number of fused-ring (bicyclic) bond motifs is 1. The summed E-state index contributed by atoms with van der Waals surface area (Å²) in [4.78, 5) is 13.7. The summed E-state index contributed by atoms with van der Waals surface area (Å²) in [6, 6.07) is 14.4. The zero-order valence-corrected chi connectivity index (χ0v) is 16.8. The standard InChI is InChI=1S/C21H22N2O5S/c1-2-23-11-12-27-20(14-23)15-3-6-17(7-4-15)22-29(25,26)18-8-9-19-16(13-18)5-10-21(24)28-19/h3-10,13,20,22H,2,11-12,14H2,1H3. The SMILES string of the molecule is CCN1CCOC(c2ccc(NS(=O)(=O)c3ccc4oc(=O)ccc4c3)cc2)C1. The molecule has 1 unspecified atom stereocenters. The topological polar surface area (TPSA) is 88.8 Å². The summed E-state index contributed by atoms with van der Waals surface area (Å²) in [5.74, 6) is 0. The third-order valence-electron chi connectivity index (χ3n) is 5.03. The zero-order chi connectivity index (χ0) is 20.4. The second-order valence-electron chi connectivity index (χ2n) is 6.93. The Morgan fingerprint density at radius 1 is 1.10 bits per heavy atom. The molecule has 1 aliphatic heterocycles. The van der Waals surface area contributed by atoms with Crippen LogP contribution in [0.15, 0.2) is 68.7 Å². The minimum Gasteiger partial charge on any atom is -0.423 e. The number of hydrogen-bond acceptors (Lipinski definition) is 6. The van der Waals surface area contributed by atoms with Gasteiger partial charge in [0, 0.05) is 30.2 Å². The fraction of sp³-hybridized carbons (Fsp3) is 0.286. The van der Waals surface area contributed by atoms with Crippen LogP contribution in [-0.4, -0.2) is 39.6 Å². The van der Waals surface area contributed by atoms with E-state index in [9.17, 15) is 13.2 Å². The van der Waals surface area contributed by atoms with E-state index in [1.807, 2.05) is 12.1 Å². The molecule has 0 saturated carbocycles. The predicted octanol–water partition coefficient (Wildman–Crippen LogP) is 2.99. The van der Waals surface area contributed by atoms with Gasteiger partial charge in [-0.05, 0) is 48.5 Å². The lowest BCUT2D eigenvalue weighted by atomic mass is 10.1. The number of anilines is 1. The number of hydrogen-bond donors (Lipinski definition) is 1. The van der Waals surface area contributed by atoms with Crippen molar-refractivity contribution in [1.82, 2.24) is 4.90 Å². The second-order valence-corrected chi connectivity index (χ2v) is 8.62. The van der Waals surface area contributed by atoms with Crippen molar-refractivity contribution in [2.45, 2.75) is 17.9 Å². The molecule has 4 rings (SSSR count). The van der Waals surface area contributed by atoms with Gasteiger partial charge in [-0.25, -0.2) is 13.2 Å². The number of nitrogens with zero attached hydrogens (tertiary/aromatic N) is 1. The molecule has 2 aromatic carbocycles. The molecule has 7 nitrogen and oxygen atoms in total. The first kappa shape index (κ1) is 19.6. The molecule has 1 saturated heterocycles. The van der Waals surface area contributed by atoms with Gasteiger partial charge in [-0.1, -0.05) is 19.1 Å². The Morgan fingerprint density at radius 2 is 1.90 bits per heavy atom. The highest BCUT2D eigenvalue weighted by Gasteiger charge is 2.21. The Bertz CT molecular complexity index is 1170. The number of ether oxygens (including phenoxy) is 1. The summed E-state index contributed by atoms with van der Waals surface area (Å²) < 4.78 is 39.0. The fourth-order valence-corrected chi connectivity index (χ4v) is 4.48. The summed E-state index contributed by atoms with van der Waals surface area (Å²) in [7, 11) is -3.77. The lowest BCUT2D eigenvalue weighted by Gasteiger charge is -2.32. The predicted molar refractivity (Wildman–Crippen MR) is 111 cm³/mol. The molecule has 1 N–H and O–H groups in total. The van der Waals surface area contributed by atoms with Crippen LogP contribution in [0.4, 0.5) is 5.69 Å². The second kappa shape index (κ2) is 7.98. The van der Waals surface area contributed by atoms with Crippen LogP contribution in [-0.2, 0) is 14.8 Å². The molecule has 1 aliphatic rings. The van der Waals surface area contributed by atoms with Gasteiger partial charge in [0.2, 0.25) is 0 Å². The summed E-state index contributed by atoms with van der Waals surface area (Å²) in [5.41, 5.74) is 1.35. The van der Waals surface area contributed by atoms with Gasteiger partial charge in [-0.3, -0.25) is 9.62 Å². The molecule has 3 aromatic rings. The van der Waals surface area contributed by atoms with E-state index in [1.165, 1.54) is 24.3 Å². The van der Waals surface area contributed by atoms with Gasteiger partial charge in [0.15, 0.2) is 0 Å². The monoisotopic (exact) mass is 414 g/mol. The van der Waals surface area contributed by atoms with Crippen LogP contribution in [0.1, 0.15) is 18.6 Å². The van der Waals surface area contributed by atoms with Gasteiger partial charge in [0.1, 0.15) is 5.58 Å². The Kier molecular flexibility index (Phi) is 5.40. The summed E-state index contributed by atoms with van der Waals surface area (Å²) >= 11 is 0. The van der Waals surface area contributed by atoms with Crippen molar-refractivity contribution in [3.05, 3.63) is 70.6 Å². The van der Waals surface area contributed by atoms with E-state index in [4.69, 9.17) is 9.15 Å². The number of likely N-dealkylation sites (N-methyl/N-ethyl adjacent to an activating group) is 1. The van der Waals surface area contributed by atoms with Crippen molar-refractivity contribution >= 4 is 26.7 Å². The molecule has 0 amide bonds. The number of morpholine rings is 1. The van der Waals surface area contributed by atoms with Gasteiger partial charge in [0.25, 0.3) is 10.0 Å². The molecule has 0 spiro atoms. The van der Waals surface area contributed by atoms with Crippen molar-refractivity contribution < 1.29 is 17.6 Å². The molecular weight excluding hydrogens is 392 g/mol. The first-order valence-corrected chi connectivity index (χ1v) is 10.9. The highest BCUT2D eigenvalue weighted by Crippen LogP contribution is 2.25. The van der Waals surface area contributed by atoms with Crippen LogP contribution in [0.25, 0.3) is 11.0 Å². The van der Waals surface area contributed by atoms with Crippen molar-refractivity contribution in [3.8, 4) is 0 Å². The summed E-state index contributed by atoms with van der Waals surface area (Å²) in [5, 5.41) is 0.540. The molecular formula is C21H22N2O5S. The number of sulfonamides is 1. The Labute approximate surface area is 169 Å². The molecule has 1 aromatic heterocycles. The van der Waals surface area contributed by atoms with E-state index in [0.29, 0.717) is 23.3 Å². The molecule has 0 bridgehead atoms. The molecule has 0 radical (unpaired) electrons. The van der Waals surface area contributed by atoms with E-state index in [1.54, 1.807) is 18.2 Å². The first-order valence-electron chi connectivity index (χ1n) is 9.45. The Morgan fingerprint density at radius 3 is 2.66 bits per heavy atom. The van der Waals surface area contributed by atoms with Crippen LogP contribution in [0.5, 0.6) is 0 Å². The highest BCUT2D eigenvalue weighted by atomic mass is 32.2. The first-order chi connectivity index (χ1) is 13.9. The zero-order valence-electron chi connectivity index (χ0n) is 16.0. The van der Waals surface area contributed by atoms with Crippen molar-refractivity contribution in [1.29, 1.82) is 0 Å². The maximum absolute atomic E-state index is 12.7. The Balaban J connectivity index is 1.52. The van der Waals surface area contributed by atoms with Gasteiger partial charge in [-0.15, -0.1) is 0 Å². The van der Waals surface area contributed by atoms with Crippen molar-refractivity contribution in [2.75, 3.05) is 31.0 Å². The Hall–Kier alpha value is -2.68. The van der Waals surface area contributed by atoms with Gasteiger partial charge in [-0.2, -0.15) is 0 Å². The number of rotatable bonds is 5. The van der Waals surface area contributed by atoms with E-state index in [0.717, 1.165) is 25.2 Å². The van der Waals surface area contributed by atoms with Gasteiger partial charge < -0.3 is 9.15 Å². The maximum atomic E-state index is 12.7. The quantitative estimate of drug-likeness (QED) is 0.646. The molecule has 1 fully saturated rings. The lowest BCUT2D eigenvalue weighted by Crippen LogP contribution is -2.38. The van der Waals surface area contributed by atoms with Crippen molar-refractivity contribution in [2.24, 2.45) is 0 Å². The van der Waals surface area contributed by atoms with Crippen LogP contribution < -0.4 is 10.3 Å². The van der Waals surface area contributed by atoms with Crippen LogP contribution in [0, 0.1) is 0 Å². The smallest absolute Gasteiger partial charge is 0.336 e. The molecule has 29 heavy (non-hydrogen) atoms. The lowest BCUT2D eigenvalue weighted by molar-refractivity contribution is -0.0281. The van der Waals surface area contributed by atoms with Crippen LogP contribution in [0.3, 0.4) is 0 Å². The summed E-state index contributed by atoms with van der Waals surface area (Å²) in [6.07, 6.45) is -0.00972. The van der Waals surface area contributed by atoms with Gasteiger partial charge >= 0.3 is 5.63 Å². The molecule has 1 atom stereocenters. The summed E-state index contributed by atoms with van der Waals surface area (Å²) in [6.45, 7) is 5.55. The molecule has 0 aliphatic carbocycles. The van der Waals surface area contributed by atoms with E-state index >= 15 is 0 Å². The van der Waals surface area contributed by atoms with Gasteiger partial charge in [0.05, 0.1) is 17.6 Å². The third kappa shape index (κ3) is 4.34.